The Morgan fingerprint density at radius 1 is 1.11 bits per heavy atom. The molecular formula is C19H20BrF3N2OS. The van der Waals surface area contributed by atoms with Crippen molar-refractivity contribution in [1.82, 2.24) is 0 Å². The lowest BCUT2D eigenvalue weighted by molar-refractivity contribution is -0.657. The predicted molar refractivity (Wildman–Crippen MR) is 95.6 cm³/mol. The summed E-state index contributed by atoms with van der Waals surface area (Å²) in [5.74, 6) is 0.915. The van der Waals surface area contributed by atoms with E-state index in [1.807, 2.05) is 27.0 Å². The summed E-state index contributed by atoms with van der Waals surface area (Å²) in [5.41, 5.74) is -1.38. The van der Waals surface area contributed by atoms with E-state index in [9.17, 15) is 18.3 Å². The lowest BCUT2D eigenvalue weighted by atomic mass is 10.1. The van der Waals surface area contributed by atoms with Gasteiger partial charge in [-0.05, 0) is 48.9 Å². The molecule has 1 atom stereocenters. The van der Waals surface area contributed by atoms with Crippen molar-refractivity contribution in [1.29, 1.82) is 0 Å². The second kappa shape index (κ2) is 7.56. The molecule has 1 aromatic carbocycles. The zero-order valence-corrected chi connectivity index (χ0v) is 16.9. The number of thiophene rings is 1. The maximum absolute atomic E-state index is 13.1. The lowest BCUT2D eigenvalue weighted by Crippen LogP contribution is -3.00. The quantitative estimate of drug-likeness (QED) is 0.686. The maximum Gasteiger partial charge on any atom is 0.416 e. The van der Waals surface area contributed by atoms with Gasteiger partial charge in [-0.2, -0.15) is 13.2 Å². The van der Waals surface area contributed by atoms with Crippen LogP contribution in [0.4, 0.5) is 18.9 Å². The van der Waals surface area contributed by atoms with Crippen molar-refractivity contribution in [2.45, 2.75) is 37.6 Å². The fourth-order valence-corrected chi connectivity index (χ4v) is 4.70. The van der Waals surface area contributed by atoms with Crippen molar-refractivity contribution in [2.24, 2.45) is 0 Å². The fraction of sp³-hybridized carbons (Fsp3) is 0.421. The van der Waals surface area contributed by atoms with E-state index in [2.05, 4.69) is 0 Å². The molecule has 0 fully saturated rings. The Hall–Kier alpha value is -1.38. The molecule has 146 valence electrons. The van der Waals surface area contributed by atoms with Gasteiger partial charge in [0, 0.05) is 6.42 Å². The minimum absolute atomic E-state index is 0. The zero-order chi connectivity index (χ0) is 18.4. The summed E-state index contributed by atoms with van der Waals surface area (Å²) < 4.78 is 41.4. The highest BCUT2D eigenvalue weighted by Crippen LogP contribution is 2.38. The van der Waals surface area contributed by atoms with Gasteiger partial charge in [0.05, 0.1) is 17.0 Å². The van der Waals surface area contributed by atoms with Gasteiger partial charge in [-0.3, -0.25) is 0 Å². The van der Waals surface area contributed by atoms with Gasteiger partial charge in [0.1, 0.15) is 5.69 Å². The van der Waals surface area contributed by atoms with E-state index >= 15 is 0 Å². The van der Waals surface area contributed by atoms with E-state index in [4.69, 9.17) is 0 Å². The Morgan fingerprint density at radius 2 is 1.93 bits per heavy atom. The molecule has 0 radical (unpaired) electrons. The Bertz CT molecular complexity index is 838. The molecule has 0 spiro atoms. The van der Waals surface area contributed by atoms with E-state index in [0.29, 0.717) is 12.2 Å². The standard InChI is InChI=1S/C19H20F3N2OS.BrH/c20-19(21,22)14-6-4-7-15(12-14)23-13-18(25,16-8-5-11-26-16)24-10-3-1-2-9-17(23)24;/h4-8,11-12,25H,1-3,9-10,13H2;1H/q+1;/p-1. The second-order valence-electron chi connectivity index (χ2n) is 6.81. The number of rotatable bonds is 2. The summed E-state index contributed by atoms with van der Waals surface area (Å²) in [6.45, 7) is 0.948. The summed E-state index contributed by atoms with van der Waals surface area (Å²) in [6, 6.07) is 9.16. The normalized spacial score (nSPS) is 23.0. The number of halogens is 4. The number of amidine groups is 1. The summed E-state index contributed by atoms with van der Waals surface area (Å²) in [5, 5.41) is 13.4. The summed E-state index contributed by atoms with van der Waals surface area (Å²) in [6.07, 6.45) is -0.635. The highest BCUT2D eigenvalue weighted by Gasteiger charge is 2.52. The second-order valence-corrected chi connectivity index (χ2v) is 7.75. The van der Waals surface area contributed by atoms with Gasteiger partial charge in [0.25, 0.3) is 11.6 Å². The highest BCUT2D eigenvalue weighted by atomic mass is 79.9. The summed E-state index contributed by atoms with van der Waals surface area (Å²) in [4.78, 5) is 2.69. The van der Waals surface area contributed by atoms with Crippen molar-refractivity contribution in [3.63, 3.8) is 0 Å². The molecule has 2 aliphatic heterocycles. The minimum Gasteiger partial charge on any atom is -1.00 e. The van der Waals surface area contributed by atoms with Crippen LogP contribution in [0.15, 0.2) is 41.8 Å². The van der Waals surface area contributed by atoms with E-state index in [1.165, 1.54) is 23.5 Å². The van der Waals surface area contributed by atoms with Gasteiger partial charge in [-0.25, -0.2) is 9.48 Å². The molecule has 0 saturated heterocycles. The van der Waals surface area contributed by atoms with Crippen molar-refractivity contribution >= 4 is 22.9 Å². The molecule has 2 aromatic rings. The van der Waals surface area contributed by atoms with Crippen molar-refractivity contribution in [3.05, 3.63) is 52.2 Å². The lowest BCUT2D eigenvalue weighted by Gasteiger charge is -2.21. The Labute approximate surface area is 170 Å². The van der Waals surface area contributed by atoms with E-state index in [1.54, 1.807) is 6.07 Å². The number of β-amino-alcohol motifs (C(OH)–C–C–N with tert-alkyl or cyclic N) is 1. The van der Waals surface area contributed by atoms with E-state index in [-0.39, 0.29) is 23.5 Å². The number of anilines is 1. The molecular weight excluding hydrogens is 441 g/mol. The summed E-state index contributed by atoms with van der Waals surface area (Å²) >= 11 is 1.47. The smallest absolute Gasteiger partial charge is 0.416 e. The molecule has 1 unspecified atom stereocenters. The van der Waals surface area contributed by atoms with Crippen molar-refractivity contribution in [3.8, 4) is 0 Å². The Balaban J connectivity index is 0.00000210. The molecule has 27 heavy (non-hydrogen) atoms. The van der Waals surface area contributed by atoms with Gasteiger partial charge < -0.3 is 22.1 Å². The molecule has 1 aromatic heterocycles. The number of aliphatic hydroxyl groups is 1. The first-order chi connectivity index (χ1) is 12.4. The summed E-state index contributed by atoms with van der Waals surface area (Å²) in [7, 11) is 0. The fourth-order valence-electron chi connectivity index (χ4n) is 3.88. The Morgan fingerprint density at radius 3 is 2.63 bits per heavy atom. The largest absolute Gasteiger partial charge is 1.00 e. The molecule has 0 bridgehead atoms. The van der Waals surface area contributed by atoms with Crippen LogP contribution in [-0.2, 0) is 11.9 Å². The molecule has 3 heterocycles. The first-order valence-electron chi connectivity index (χ1n) is 8.74. The van der Waals surface area contributed by atoms with Crippen LogP contribution in [0.3, 0.4) is 0 Å². The molecule has 2 aliphatic rings. The van der Waals surface area contributed by atoms with Gasteiger partial charge in [-0.15, -0.1) is 11.3 Å². The van der Waals surface area contributed by atoms with Crippen molar-refractivity contribution in [2.75, 3.05) is 18.0 Å². The number of hydrogen-bond donors (Lipinski definition) is 1. The average Bonchev–Trinajstić information content (AvgIpc) is 3.16. The number of nitrogens with zero attached hydrogens (tertiary/aromatic N) is 2. The van der Waals surface area contributed by atoms with Gasteiger partial charge in [0.15, 0.2) is 6.54 Å². The third-order valence-corrected chi connectivity index (χ3v) is 6.14. The average molecular weight is 461 g/mol. The van der Waals surface area contributed by atoms with Crippen LogP contribution in [0.2, 0.25) is 0 Å². The molecule has 4 rings (SSSR count). The monoisotopic (exact) mass is 460 g/mol. The number of benzene rings is 1. The molecule has 3 nitrogen and oxygen atoms in total. The first kappa shape index (κ1) is 20.4. The molecule has 0 saturated carbocycles. The molecule has 0 amide bonds. The van der Waals surface area contributed by atoms with Crippen LogP contribution in [-0.4, -0.2) is 28.6 Å². The number of hydrogen-bond acceptors (Lipinski definition) is 3. The SMILES string of the molecule is OC1(c2cccs2)CN(c2cccc(C(F)(F)F)c2)C2=[N+]1CCCCC2.[Br-]. The van der Waals surface area contributed by atoms with E-state index in [0.717, 1.165) is 42.5 Å². The predicted octanol–water partition coefficient (Wildman–Crippen LogP) is 1.42. The number of alkyl halides is 3. The van der Waals surface area contributed by atoms with Crippen molar-refractivity contribution < 1.29 is 39.8 Å². The molecule has 1 N–H and O–H groups in total. The van der Waals surface area contributed by atoms with Gasteiger partial charge >= 0.3 is 6.18 Å². The highest BCUT2D eigenvalue weighted by molar-refractivity contribution is 7.10. The Kier molecular flexibility index (Phi) is 5.70. The van der Waals surface area contributed by atoms with Crippen LogP contribution in [0.25, 0.3) is 0 Å². The van der Waals surface area contributed by atoms with Gasteiger partial charge in [-0.1, -0.05) is 12.1 Å². The first-order valence-corrected chi connectivity index (χ1v) is 9.62. The van der Waals surface area contributed by atoms with Crippen LogP contribution in [0.5, 0.6) is 0 Å². The third kappa shape index (κ3) is 3.67. The van der Waals surface area contributed by atoms with E-state index < -0.39 is 17.5 Å². The maximum atomic E-state index is 13.1. The molecule has 0 aliphatic carbocycles. The molecule has 8 heteroatoms. The van der Waals surface area contributed by atoms with Crippen LogP contribution in [0.1, 0.15) is 36.1 Å². The minimum atomic E-state index is -4.38. The third-order valence-electron chi connectivity index (χ3n) is 5.13. The zero-order valence-electron chi connectivity index (χ0n) is 14.5. The topological polar surface area (TPSA) is 26.5 Å². The van der Waals surface area contributed by atoms with Crippen LogP contribution >= 0.6 is 11.3 Å². The van der Waals surface area contributed by atoms with Crippen LogP contribution in [0, 0.1) is 0 Å². The van der Waals surface area contributed by atoms with Crippen LogP contribution < -0.4 is 21.9 Å². The van der Waals surface area contributed by atoms with Gasteiger partial charge in [0.2, 0.25) is 0 Å².